The average molecular weight is 264 g/mol. The Hall–Kier alpha value is -0.780. The third kappa shape index (κ3) is 4.38. The maximum atomic E-state index is 11.3. The zero-order chi connectivity index (χ0) is 12.0. The fourth-order valence-corrected chi connectivity index (χ4v) is 2.21. The summed E-state index contributed by atoms with van der Waals surface area (Å²) in [6.07, 6.45) is 0. The zero-order valence-electron chi connectivity index (χ0n) is 8.73. The summed E-state index contributed by atoms with van der Waals surface area (Å²) in [6.45, 7) is 0.223. The van der Waals surface area contributed by atoms with Crippen LogP contribution in [0.2, 0.25) is 5.02 Å². The van der Waals surface area contributed by atoms with Crippen molar-refractivity contribution in [3.05, 3.63) is 29.3 Å². The van der Waals surface area contributed by atoms with Gasteiger partial charge in [0.05, 0.1) is 16.5 Å². The van der Waals surface area contributed by atoms with Crippen molar-refractivity contribution in [3.8, 4) is 5.75 Å². The van der Waals surface area contributed by atoms with Gasteiger partial charge in [-0.1, -0.05) is 23.7 Å². The molecule has 1 rings (SSSR count). The van der Waals surface area contributed by atoms with E-state index in [1.165, 1.54) is 0 Å². The van der Waals surface area contributed by atoms with E-state index in [1.54, 1.807) is 24.3 Å². The summed E-state index contributed by atoms with van der Waals surface area (Å²) < 4.78 is 27.9. The molecule has 2 N–H and O–H groups in total. The van der Waals surface area contributed by atoms with Crippen molar-refractivity contribution in [1.29, 1.82) is 0 Å². The van der Waals surface area contributed by atoms with Gasteiger partial charge in [0, 0.05) is 6.54 Å². The maximum absolute atomic E-state index is 11.3. The molecule has 0 aliphatic heterocycles. The number of para-hydroxylation sites is 1. The Balaban J connectivity index is 2.45. The predicted octanol–water partition coefficient (Wildman–Crippen LogP) is 1.09. The van der Waals surface area contributed by atoms with E-state index in [2.05, 4.69) is 0 Å². The summed E-state index contributed by atoms with van der Waals surface area (Å²) >= 11 is 5.84. The highest BCUT2D eigenvalue weighted by Crippen LogP contribution is 2.22. The molecule has 0 fully saturated rings. The van der Waals surface area contributed by atoms with Gasteiger partial charge in [0.2, 0.25) is 0 Å². The highest BCUT2D eigenvalue weighted by atomic mass is 35.5. The van der Waals surface area contributed by atoms with Crippen LogP contribution < -0.4 is 10.5 Å². The van der Waals surface area contributed by atoms with Gasteiger partial charge < -0.3 is 10.5 Å². The van der Waals surface area contributed by atoms with Gasteiger partial charge in [-0.2, -0.15) is 0 Å². The Kier molecular flexibility index (Phi) is 5.05. The molecule has 4 nitrogen and oxygen atoms in total. The van der Waals surface area contributed by atoms with Crippen LogP contribution in [0.3, 0.4) is 0 Å². The number of ether oxygens (including phenoxy) is 1. The Morgan fingerprint density at radius 1 is 1.25 bits per heavy atom. The second-order valence-corrected chi connectivity index (χ2v) is 5.93. The third-order valence-corrected chi connectivity index (χ3v) is 3.88. The second kappa shape index (κ2) is 6.08. The molecule has 0 aromatic heterocycles. The van der Waals surface area contributed by atoms with E-state index in [-0.39, 0.29) is 24.7 Å². The molecule has 90 valence electrons. The van der Waals surface area contributed by atoms with E-state index in [1.807, 2.05) is 0 Å². The van der Waals surface area contributed by atoms with Gasteiger partial charge in [-0.15, -0.1) is 0 Å². The number of benzene rings is 1. The largest absolute Gasteiger partial charge is 0.491 e. The molecule has 16 heavy (non-hydrogen) atoms. The average Bonchev–Trinajstić information content (AvgIpc) is 2.20. The molecular weight excluding hydrogens is 250 g/mol. The maximum Gasteiger partial charge on any atom is 0.154 e. The molecule has 0 aliphatic rings. The molecule has 0 atom stereocenters. The molecule has 0 radical (unpaired) electrons. The minimum absolute atomic E-state index is 0.0150. The fraction of sp³-hybridized carbons (Fsp3) is 0.400. The highest BCUT2D eigenvalue weighted by molar-refractivity contribution is 7.91. The van der Waals surface area contributed by atoms with E-state index in [9.17, 15) is 8.42 Å². The van der Waals surface area contributed by atoms with Crippen LogP contribution in [0.1, 0.15) is 0 Å². The van der Waals surface area contributed by atoms with E-state index >= 15 is 0 Å². The first kappa shape index (κ1) is 13.3. The summed E-state index contributed by atoms with van der Waals surface area (Å²) in [5.41, 5.74) is 5.18. The molecule has 0 heterocycles. The van der Waals surface area contributed by atoms with Crippen molar-refractivity contribution in [1.82, 2.24) is 0 Å². The quantitative estimate of drug-likeness (QED) is 0.834. The molecule has 0 unspecified atom stereocenters. The van der Waals surface area contributed by atoms with E-state index in [4.69, 9.17) is 22.1 Å². The number of rotatable bonds is 6. The van der Waals surface area contributed by atoms with Gasteiger partial charge in [-0.05, 0) is 12.1 Å². The van der Waals surface area contributed by atoms with Crippen LogP contribution >= 0.6 is 11.6 Å². The standard InChI is InChI=1S/C10H14ClNO3S/c11-9-3-1-2-4-10(9)15-6-8-16(13,14)7-5-12/h1-4H,5-8,12H2. The van der Waals surface area contributed by atoms with Crippen LogP contribution in [0.5, 0.6) is 5.75 Å². The van der Waals surface area contributed by atoms with E-state index < -0.39 is 9.84 Å². The van der Waals surface area contributed by atoms with Crippen LogP contribution in [0.25, 0.3) is 0 Å². The lowest BCUT2D eigenvalue weighted by Gasteiger charge is -2.07. The smallest absolute Gasteiger partial charge is 0.154 e. The Labute approximate surface area is 100 Å². The topological polar surface area (TPSA) is 69.4 Å². The Morgan fingerprint density at radius 2 is 1.94 bits per heavy atom. The lowest BCUT2D eigenvalue weighted by Crippen LogP contribution is -2.22. The van der Waals surface area contributed by atoms with Gasteiger partial charge in [-0.3, -0.25) is 0 Å². The van der Waals surface area contributed by atoms with Gasteiger partial charge in [0.25, 0.3) is 0 Å². The lowest BCUT2D eigenvalue weighted by molar-refractivity contribution is 0.341. The van der Waals surface area contributed by atoms with Crippen molar-refractivity contribution in [2.75, 3.05) is 24.7 Å². The van der Waals surface area contributed by atoms with Gasteiger partial charge in [0.15, 0.2) is 9.84 Å². The highest BCUT2D eigenvalue weighted by Gasteiger charge is 2.10. The van der Waals surface area contributed by atoms with E-state index in [0.717, 1.165) is 0 Å². The first-order valence-electron chi connectivity index (χ1n) is 4.83. The van der Waals surface area contributed by atoms with Gasteiger partial charge >= 0.3 is 0 Å². The monoisotopic (exact) mass is 263 g/mol. The molecule has 1 aromatic carbocycles. The summed E-state index contributed by atoms with van der Waals surface area (Å²) in [7, 11) is -3.11. The molecule has 0 saturated heterocycles. The molecule has 0 bridgehead atoms. The first-order chi connectivity index (χ1) is 7.55. The molecule has 0 amide bonds. The molecule has 0 aliphatic carbocycles. The summed E-state index contributed by atoms with van der Waals surface area (Å²) in [6, 6.07) is 6.93. The van der Waals surface area contributed by atoms with Crippen LogP contribution in [0, 0.1) is 0 Å². The first-order valence-corrected chi connectivity index (χ1v) is 7.03. The molecule has 0 saturated carbocycles. The molecule has 6 heteroatoms. The Bertz CT molecular complexity index is 433. The van der Waals surface area contributed by atoms with E-state index in [0.29, 0.717) is 10.8 Å². The van der Waals surface area contributed by atoms with Crippen LogP contribution in [0.15, 0.2) is 24.3 Å². The minimum Gasteiger partial charge on any atom is -0.491 e. The Morgan fingerprint density at radius 3 is 2.56 bits per heavy atom. The summed E-state index contributed by atoms with van der Waals surface area (Å²) in [4.78, 5) is 0. The fourth-order valence-electron chi connectivity index (χ4n) is 1.12. The number of hydrogen-bond acceptors (Lipinski definition) is 4. The SMILES string of the molecule is NCCS(=O)(=O)CCOc1ccccc1Cl. The molecular formula is C10H14ClNO3S. The minimum atomic E-state index is -3.11. The van der Waals surface area contributed by atoms with Crippen molar-refractivity contribution in [2.45, 2.75) is 0 Å². The van der Waals surface area contributed by atoms with Crippen LogP contribution in [0.4, 0.5) is 0 Å². The van der Waals surface area contributed by atoms with Crippen molar-refractivity contribution in [3.63, 3.8) is 0 Å². The van der Waals surface area contributed by atoms with Crippen molar-refractivity contribution >= 4 is 21.4 Å². The summed E-state index contributed by atoms with van der Waals surface area (Å²) in [5, 5.41) is 0.471. The van der Waals surface area contributed by atoms with Crippen LogP contribution in [-0.2, 0) is 9.84 Å². The lowest BCUT2D eigenvalue weighted by atomic mass is 10.3. The van der Waals surface area contributed by atoms with Gasteiger partial charge in [-0.25, -0.2) is 8.42 Å². The normalized spacial score (nSPS) is 11.4. The van der Waals surface area contributed by atoms with Gasteiger partial charge in [0.1, 0.15) is 12.4 Å². The second-order valence-electron chi connectivity index (χ2n) is 3.22. The number of nitrogens with two attached hydrogens (primary N) is 1. The number of halogens is 1. The third-order valence-electron chi connectivity index (χ3n) is 1.92. The summed E-state index contributed by atoms with van der Waals surface area (Å²) in [5.74, 6) is 0.431. The molecule has 1 aromatic rings. The molecule has 0 spiro atoms. The number of sulfone groups is 1. The van der Waals surface area contributed by atoms with Crippen molar-refractivity contribution < 1.29 is 13.2 Å². The number of hydrogen-bond donors (Lipinski definition) is 1. The van der Waals surface area contributed by atoms with Crippen LogP contribution in [-0.4, -0.2) is 33.1 Å². The zero-order valence-corrected chi connectivity index (χ0v) is 10.3. The van der Waals surface area contributed by atoms with Crippen molar-refractivity contribution in [2.24, 2.45) is 5.73 Å². The predicted molar refractivity (Wildman–Crippen MR) is 64.7 cm³/mol.